The lowest BCUT2D eigenvalue weighted by Crippen LogP contribution is -2.48. The van der Waals surface area contributed by atoms with Crippen LogP contribution in [-0.4, -0.2) is 35.6 Å². The van der Waals surface area contributed by atoms with Crippen LogP contribution < -0.4 is 0 Å². The molecule has 0 bridgehead atoms. The largest absolute Gasteiger partial charge is 0.391 e. The predicted octanol–water partition coefficient (Wildman–Crippen LogP) is 6.37. The maximum atomic E-state index is 9.73. The Kier molecular flexibility index (Phi) is 10.4. The summed E-state index contributed by atoms with van der Waals surface area (Å²) in [5.74, 6) is 0. The minimum atomic E-state index is -0.379. The maximum Gasteiger partial charge on any atom is 0.0771 e. The molecule has 1 N–H and O–H groups in total. The Balaban J connectivity index is 4.93. The van der Waals surface area contributed by atoms with Gasteiger partial charge in [-0.05, 0) is 63.7 Å². The van der Waals surface area contributed by atoms with Crippen LogP contribution in [0.4, 0.5) is 0 Å². The van der Waals surface area contributed by atoms with Gasteiger partial charge in [-0.3, -0.25) is 0 Å². The van der Waals surface area contributed by atoms with Crippen molar-refractivity contribution in [2.75, 3.05) is 13.2 Å². The van der Waals surface area contributed by atoms with Crippen molar-refractivity contribution in [1.82, 2.24) is 0 Å². The summed E-state index contributed by atoms with van der Waals surface area (Å²) in [7, 11) is 0. The quantitative estimate of drug-likeness (QED) is 0.385. The summed E-state index contributed by atoms with van der Waals surface area (Å²) in [5, 5.41) is 9.73. The second-order valence-electron chi connectivity index (χ2n) is 9.92. The highest BCUT2D eigenvalue weighted by atomic mass is 16.5. The van der Waals surface area contributed by atoms with Gasteiger partial charge in [0.25, 0.3) is 0 Å². The van der Waals surface area contributed by atoms with Gasteiger partial charge in [-0.15, -0.1) is 0 Å². The first-order valence-electron chi connectivity index (χ1n) is 10.8. The van der Waals surface area contributed by atoms with Crippen molar-refractivity contribution in [3.05, 3.63) is 0 Å². The smallest absolute Gasteiger partial charge is 0.0771 e. The van der Waals surface area contributed by atoms with Crippen LogP contribution in [0.3, 0.4) is 0 Å². The average molecular weight is 373 g/mol. The number of aliphatic hydroxyl groups is 1. The monoisotopic (exact) mass is 372 g/mol. The molecule has 0 aromatic heterocycles. The van der Waals surface area contributed by atoms with Crippen molar-refractivity contribution >= 4 is 0 Å². The molecule has 3 unspecified atom stereocenters. The molecule has 3 atom stereocenters. The Morgan fingerprint density at radius 3 is 1.81 bits per heavy atom. The summed E-state index contributed by atoms with van der Waals surface area (Å²) in [6, 6.07) is 0. The van der Waals surface area contributed by atoms with Crippen molar-refractivity contribution in [3.8, 4) is 0 Å². The number of rotatable bonds is 14. The first-order chi connectivity index (χ1) is 11.8. The van der Waals surface area contributed by atoms with E-state index in [0.29, 0.717) is 18.6 Å². The zero-order chi connectivity index (χ0) is 20.6. The van der Waals surface area contributed by atoms with Crippen LogP contribution in [0.2, 0.25) is 0 Å². The fourth-order valence-corrected chi connectivity index (χ4v) is 3.60. The molecule has 0 aliphatic heterocycles. The second kappa shape index (κ2) is 10.4. The maximum absolute atomic E-state index is 9.73. The highest BCUT2D eigenvalue weighted by Gasteiger charge is 2.45. The molecule has 0 fully saturated rings. The number of ether oxygens (including phenoxy) is 2. The molecular weight excluding hydrogens is 324 g/mol. The molecule has 0 heterocycles. The minimum Gasteiger partial charge on any atom is -0.391 e. The summed E-state index contributed by atoms with van der Waals surface area (Å²) in [6.45, 7) is 23.5. The summed E-state index contributed by atoms with van der Waals surface area (Å²) in [5.41, 5.74) is 0.0389. The van der Waals surface area contributed by atoms with E-state index in [0.717, 1.165) is 25.7 Å². The summed E-state index contributed by atoms with van der Waals surface area (Å²) >= 11 is 0. The standard InChI is InChI=1S/C23H48O3/c1-11-19(24)17-26-21(7,8)15-16-25-23(10,14-4)22(9,13-3)18-20(5,6)12-2/h19,24H,11-18H2,1-10H3. The molecular formula is C23H48O3. The van der Waals surface area contributed by atoms with Gasteiger partial charge in [-0.25, -0.2) is 0 Å². The lowest BCUT2D eigenvalue weighted by atomic mass is 9.62. The first kappa shape index (κ1) is 25.9. The first-order valence-corrected chi connectivity index (χ1v) is 10.8. The van der Waals surface area contributed by atoms with Crippen molar-refractivity contribution in [2.45, 2.75) is 125 Å². The predicted molar refractivity (Wildman–Crippen MR) is 113 cm³/mol. The van der Waals surface area contributed by atoms with E-state index in [4.69, 9.17) is 9.47 Å². The molecule has 0 aromatic rings. The highest BCUT2D eigenvalue weighted by molar-refractivity contribution is 4.96. The van der Waals surface area contributed by atoms with E-state index in [-0.39, 0.29) is 22.7 Å². The lowest BCUT2D eigenvalue weighted by molar-refractivity contribution is -0.150. The Morgan fingerprint density at radius 2 is 1.38 bits per heavy atom. The van der Waals surface area contributed by atoms with Crippen LogP contribution in [0, 0.1) is 10.8 Å². The van der Waals surface area contributed by atoms with Crippen molar-refractivity contribution in [1.29, 1.82) is 0 Å². The van der Waals surface area contributed by atoms with Crippen molar-refractivity contribution in [3.63, 3.8) is 0 Å². The van der Waals surface area contributed by atoms with Crippen molar-refractivity contribution in [2.24, 2.45) is 10.8 Å². The van der Waals surface area contributed by atoms with E-state index >= 15 is 0 Å². The SMILES string of the molecule is CCC(O)COC(C)(C)CCOC(C)(CC)C(C)(CC)CC(C)(C)CC. The molecule has 0 aliphatic carbocycles. The van der Waals surface area contributed by atoms with Crippen LogP contribution in [0.25, 0.3) is 0 Å². The third kappa shape index (κ3) is 7.86. The van der Waals surface area contributed by atoms with Crippen LogP contribution >= 0.6 is 0 Å². The summed E-state index contributed by atoms with van der Waals surface area (Å²) < 4.78 is 12.5. The third-order valence-corrected chi connectivity index (χ3v) is 6.82. The number of hydrogen-bond donors (Lipinski definition) is 1. The van der Waals surface area contributed by atoms with Gasteiger partial charge < -0.3 is 14.6 Å². The molecule has 0 rings (SSSR count). The Bertz CT molecular complexity index is 391. The molecule has 26 heavy (non-hydrogen) atoms. The molecule has 0 spiro atoms. The van der Waals surface area contributed by atoms with Crippen molar-refractivity contribution < 1.29 is 14.6 Å². The van der Waals surface area contributed by atoms with E-state index in [1.54, 1.807) is 0 Å². The fourth-order valence-electron chi connectivity index (χ4n) is 3.60. The molecule has 158 valence electrons. The van der Waals surface area contributed by atoms with E-state index in [9.17, 15) is 5.11 Å². The molecule has 0 saturated heterocycles. The van der Waals surface area contributed by atoms with E-state index < -0.39 is 0 Å². The van der Waals surface area contributed by atoms with E-state index in [1.807, 2.05) is 6.92 Å². The number of hydrogen-bond acceptors (Lipinski definition) is 3. The molecule has 0 aromatic carbocycles. The average Bonchev–Trinajstić information content (AvgIpc) is 2.58. The van der Waals surface area contributed by atoms with Crippen LogP contribution in [0.1, 0.15) is 108 Å². The van der Waals surface area contributed by atoms with Crippen LogP contribution in [0.5, 0.6) is 0 Å². The van der Waals surface area contributed by atoms with Gasteiger partial charge in [-0.1, -0.05) is 54.9 Å². The molecule has 3 nitrogen and oxygen atoms in total. The molecule has 0 saturated carbocycles. The highest BCUT2D eigenvalue weighted by Crippen LogP contribution is 2.48. The third-order valence-electron chi connectivity index (χ3n) is 6.82. The topological polar surface area (TPSA) is 38.7 Å². The van der Waals surface area contributed by atoms with Gasteiger partial charge in [0.2, 0.25) is 0 Å². The summed E-state index contributed by atoms with van der Waals surface area (Å²) in [4.78, 5) is 0. The minimum absolute atomic E-state index is 0.144. The van der Waals surface area contributed by atoms with E-state index in [2.05, 4.69) is 62.3 Å². The van der Waals surface area contributed by atoms with Crippen LogP contribution in [-0.2, 0) is 9.47 Å². The second-order valence-corrected chi connectivity index (χ2v) is 9.92. The molecule has 3 heteroatoms. The molecule has 0 amide bonds. The molecule has 0 radical (unpaired) electrons. The van der Waals surface area contributed by atoms with Gasteiger partial charge in [0.05, 0.1) is 30.5 Å². The van der Waals surface area contributed by atoms with Crippen LogP contribution in [0.15, 0.2) is 0 Å². The lowest BCUT2D eigenvalue weighted by Gasteiger charge is -2.49. The number of aliphatic hydroxyl groups excluding tert-OH is 1. The Morgan fingerprint density at radius 1 is 0.808 bits per heavy atom. The summed E-state index contributed by atoms with van der Waals surface area (Å²) in [6.07, 6.45) is 5.65. The van der Waals surface area contributed by atoms with Gasteiger partial charge in [-0.2, -0.15) is 0 Å². The van der Waals surface area contributed by atoms with Gasteiger partial charge in [0, 0.05) is 0 Å². The zero-order valence-corrected chi connectivity index (χ0v) is 19.5. The van der Waals surface area contributed by atoms with Gasteiger partial charge >= 0.3 is 0 Å². The van der Waals surface area contributed by atoms with Gasteiger partial charge in [0.1, 0.15) is 0 Å². The Labute approximate surface area is 164 Å². The van der Waals surface area contributed by atoms with E-state index in [1.165, 1.54) is 12.8 Å². The Hall–Kier alpha value is -0.120. The van der Waals surface area contributed by atoms with Gasteiger partial charge in [0.15, 0.2) is 0 Å². The normalized spacial score (nSPS) is 19.0. The molecule has 0 aliphatic rings. The fraction of sp³-hybridized carbons (Fsp3) is 1.00. The zero-order valence-electron chi connectivity index (χ0n) is 19.5.